The van der Waals surface area contributed by atoms with Gasteiger partial charge in [0.15, 0.2) is 0 Å². The molecule has 5 aromatic carbocycles. The van der Waals surface area contributed by atoms with Gasteiger partial charge >= 0.3 is 0 Å². The Morgan fingerprint density at radius 3 is 2.24 bits per heavy atom. The molecule has 0 saturated heterocycles. The molecule has 1 fully saturated rings. The lowest BCUT2D eigenvalue weighted by molar-refractivity contribution is 0.147. The van der Waals surface area contributed by atoms with Crippen molar-refractivity contribution in [2.24, 2.45) is 11.8 Å². The van der Waals surface area contributed by atoms with Crippen LogP contribution in [0.1, 0.15) is 41.5 Å². The van der Waals surface area contributed by atoms with Gasteiger partial charge in [-0.05, 0) is 88.7 Å². The number of fused-ring (bicyclic) bond motifs is 12. The summed E-state index contributed by atoms with van der Waals surface area (Å²) < 4.78 is 20.1. The minimum absolute atomic E-state index is 0.154. The van der Waals surface area contributed by atoms with Gasteiger partial charge in [0, 0.05) is 28.6 Å². The SMILES string of the molecule is Fc1ccc2c(c1)oc1cccc(NC3CCCC4C3Cc3ccccc3C43c4ccccc4-c4ccccc43)c12. The third-order valence-corrected chi connectivity index (χ3v) is 10.3. The maximum atomic E-state index is 14.0. The zero-order valence-corrected chi connectivity index (χ0v) is 22.7. The monoisotopic (exact) mass is 535 g/mol. The number of hydrogen-bond donors (Lipinski definition) is 1. The van der Waals surface area contributed by atoms with Crippen molar-refractivity contribution in [1.29, 1.82) is 0 Å². The number of furan rings is 1. The molecule has 0 radical (unpaired) electrons. The van der Waals surface area contributed by atoms with E-state index in [0.29, 0.717) is 23.5 Å². The summed E-state index contributed by atoms with van der Waals surface area (Å²) in [5, 5.41) is 6.05. The Morgan fingerprint density at radius 2 is 1.44 bits per heavy atom. The lowest BCUT2D eigenvalue weighted by atomic mass is 9.51. The topological polar surface area (TPSA) is 25.2 Å². The van der Waals surface area contributed by atoms with Crippen molar-refractivity contribution in [1.82, 2.24) is 0 Å². The predicted octanol–water partition coefficient (Wildman–Crippen LogP) is 9.49. The second-order valence-electron chi connectivity index (χ2n) is 12.1. The normalized spacial score (nSPS) is 21.8. The highest BCUT2D eigenvalue weighted by Crippen LogP contribution is 2.63. The van der Waals surface area contributed by atoms with E-state index in [4.69, 9.17) is 4.42 Å². The first-order chi connectivity index (χ1) is 20.2. The van der Waals surface area contributed by atoms with Crippen molar-refractivity contribution in [3.8, 4) is 11.1 Å². The predicted molar refractivity (Wildman–Crippen MR) is 164 cm³/mol. The molecule has 3 heteroatoms. The fourth-order valence-electron chi connectivity index (χ4n) is 8.88. The van der Waals surface area contributed by atoms with Crippen LogP contribution < -0.4 is 5.32 Å². The summed E-state index contributed by atoms with van der Waals surface area (Å²) in [5.74, 6) is 0.663. The van der Waals surface area contributed by atoms with Crippen molar-refractivity contribution < 1.29 is 8.81 Å². The molecule has 1 saturated carbocycles. The summed E-state index contributed by atoms with van der Waals surface area (Å²) >= 11 is 0. The van der Waals surface area contributed by atoms with E-state index in [1.807, 2.05) is 18.2 Å². The molecule has 2 nitrogen and oxygen atoms in total. The van der Waals surface area contributed by atoms with Gasteiger partial charge in [0.1, 0.15) is 17.0 Å². The molecule has 1 heterocycles. The van der Waals surface area contributed by atoms with Crippen molar-refractivity contribution in [3.05, 3.63) is 137 Å². The van der Waals surface area contributed by atoms with E-state index < -0.39 is 0 Å². The number of anilines is 1. The molecule has 1 spiro atoms. The molecular weight excluding hydrogens is 505 g/mol. The first kappa shape index (κ1) is 23.3. The summed E-state index contributed by atoms with van der Waals surface area (Å²) in [5.41, 5.74) is 11.0. The van der Waals surface area contributed by atoms with Gasteiger partial charge in [0.05, 0.1) is 5.39 Å². The molecule has 0 bridgehead atoms. The summed E-state index contributed by atoms with van der Waals surface area (Å²) in [6.07, 6.45) is 4.58. The Balaban J connectivity index is 1.22. The lowest BCUT2D eigenvalue weighted by Gasteiger charge is -2.53. The largest absolute Gasteiger partial charge is 0.456 e. The maximum Gasteiger partial charge on any atom is 0.138 e. The fourth-order valence-corrected chi connectivity index (χ4v) is 8.88. The Bertz CT molecular complexity index is 1940. The fraction of sp³-hybridized carbons (Fsp3) is 0.211. The van der Waals surface area contributed by atoms with Crippen LogP contribution in [-0.2, 0) is 11.8 Å². The summed E-state index contributed by atoms with van der Waals surface area (Å²) in [4.78, 5) is 0. The molecule has 6 aromatic rings. The minimum atomic E-state index is -0.274. The third-order valence-electron chi connectivity index (χ3n) is 10.3. The Morgan fingerprint density at radius 1 is 0.707 bits per heavy atom. The Kier molecular flexibility index (Phi) is 4.88. The van der Waals surface area contributed by atoms with Crippen LogP contribution in [0.2, 0.25) is 0 Å². The van der Waals surface area contributed by atoms with Crippen molar-refractivity contribution in [3.63, 3.8) is 0 Å². The third kappa shape index (κ3) is 3.12. The molecule has 3 atom stereocenters. The van der Waals surface area contributed by atoms with Crippen molar-refractivity contribution in [2.75, 3.05) is 5.32 Å². The maximum absolute atomic E-state index is 14.0. The average Bonchev–Trinajstić information content (AvgIpc) is 3.52. The first-order valence-electron chi connectivity index (χ1n) is 14.9. The molecule has 3 aliphatic carbocycles. The van der Waals surface area contributed by atoms with Crippen LogP contribution in [0.15, 0.2) is 114 Å². The number of nitrogens with one attached hydrogen (secondary N) is 1. The van der Waals surface area contributed by atoms with Gasteiger partial charge in [0.25, 0.3) is 0 Å². The van der Waals surface area contributed by atoms with E-state index in [1.165, 1.54) is 58.4 Å². The van der Waals surface area contributed by atoms with Gasteiger partial charge in [-0.1, -0.05) is 85.3 Å². The lowest BCUT2D eigenvalue weighted by Crippen LogP contribution is -2.52. The van der Waals surface area contributed by atoms with Crippen LogP contribution in [0.25, 0.3) is 33.1 Å². The van der Waals surface area contributed by atoms with Crippen LogP contribution in [0.3, 0.4) is 0 Å². The molecule has 3 aliphatic rings. The van der Waals surface area contributed by atoms with Gasteiger partial charge in [-0.3, -0.25) is 0 Å². The van der Waals surface area contributed by atoms with E-state index in [2.05, 4.69) is 84.2 Å². The van der Waals surface area contributed by atoms with Crippen LogP contribution >= 0.6 is 0 Å². The van der Waals surface area contributed by atoms with E-state index >= 15 is 0 Å². The summed E-state index contributed by atoms with van der Waals surface area (Å²) in [6, 6.07) is 38.8. The first-order valence-corrected chi connectivity index (χ1v) is 14.9. The molecule has 0 aliphatic heterocycles. The van der Waals surface area contributed by atoms with Crippen LogP contribution in [0.5, 0.6) is 0 Å². The summed E-state index contributed by atoms with van der Waals surface area (Å²) in [6.45, 7) is 0. The van der Waals surface area contributed by atoms with Crippen molar-refractivity contribution >= 4 is 27.6 Å². The van der Waals surface area contributed by atoms with Crippen LogP contribution in [-0.4, -0.2) is 6.04 Å². The zero-order chi connectivity index (χ0) is 27.1. The summed E-state index contributed by atoms with van der Waals surface area (Å²) in [7, 11) is 0. The van der Waals surface area contributed by atoms with Crippen molar-refractivity contribution in [2.45, 2.75) is 37.1 Å². The Labute approximate surface area is 238 Å². The van der Waals surface area contributed by atoms with E-state index in [9.17, 15) is 4.39 Å². The van der Waals surface area contributed by atoms with Gasteiger partial charge in [-0.25, -0.2) is 4.39 Å². The molecule has 1 N–H and O–H groups in total. The number of halogens is 1. The second kappa shape index (κ2) is 8.57. The highest BCUT2D eigenvalue weighted by atomic mass is 19.1. The quantitative estimate of drug-likeness (QED) is 0.239. The molecule has 9 rings (SSSR count). The van der Waals surface area contributed by atoms with Gasteiger partial charge < -0.3 is 9.73 Å². The standard InChI is InChI=1S/C38H30FNO/c39-24-19-20-27-36(22-24)41-35-18-8-17-34(37(27)35)40-33-16-7-15-32-28(33)21-23-9-1-4-12-29(23)38(32)30-13-5-2-10-25(30)26-11-3-6-14-31(26)38/h1-6,8-14,17-20,22,28,32-33,40H,7,15-16,21H2. The van der Waals surface area contributed by atoms with E-state index in [-0.39, 0.29) is 11.2 Å². The van der Waals surface area contributed by atoms with Gasteiger partial charge in [-0.15, -0.1) is 0 Å². The molecule has 0 amide bonds. The molecule has 1 aromatic heterocycles. The molecular formula is C38H30FNO. The molecule has 200 valence electrons. The van der Waals surface area contributed by atoms with E-state index in [0.717, 1.165) is 34.9 Å². The van der Waals surface area contributed by atoms with Gasteiger partial charge in [-0.2, -0.15) is 0 Å². The van der Waals surface area contributed by atoms with E-state index in [1.54, 1.807) is 0 Å². The Hall–Kier alpha value is -4.37. The smallest absolute Gasteiger partial charge is 0.138 e. The van der Waals surface area contributed by atoms with Gasteiger partial charge in [0.2, 0.25) is 0 Å². The van der Waals surface area contributed by atoms with Crippen LogP contribution in [0, 0.1) is 17.7 Å². The average molecular weight is 536 g/mol. The minimum Gasteiger partial charge on any atom is -0.456 e. The highest BCUT2D eigenvalue weighted by Gasteiger charge is 2.57. The number of benzene rings is 5. The number of rotatable bonds is 2. The molecule has 41 heavy (non-hydrogen) atoms. The zero-order valence-electron chi connectivity index (χ0n) is 22.7. The van der Waals surface area contributed by atoms with Crippen LogP contribution in [0.4, 0.5) is 10.1 Å². The molecule has 3 unspecified atom stereocenters. The number of hydrogen-bond acceptors (Lipinski definition) is 2. The highest BCUT2D eigenvalue weighted by molar-refractivity contribution is 6.11. The second-order valence-corrected chi connectivity index (χ2v) is 12.1.